The summed E-state index contributed by atoms with van der Waals surface area (Å²) in [5.41, 5.74) is 0.00551. The molecule has 2 bridgehead atoms. The largest absolute Gasteiger partial charge is 0.493 e. The fourth-order valence-electron chi connectivity index (χ4n) is 4.41. The molecule has 2 amide bonds. The molecule has 6 rings (SSSR count). The fraction of sp³-hybridized carbons (Fsp3) is 0.357. The van der Waals surface area contributed by atoms with Gasteiger partial charge in [0.2, 0.25) is 5.91 Å². The van der Waals surface area contributed by atoms with Crippen LogP contribution in [0.5, 0.6) is 11.5 Å². The van der Waals surface area contributed by atoms with Gasteiger partial charge >= 0.3 is 6.18 Å². The Labute approximate surface area is 227 Å². The van der Waals surface area contributed by atoms with Crippen molar-refractivity contribution in [1.29, 1.82) is 5.26 Å². The molecule has 1 fully saturated rings. The van der Waals surface area contributed by atoms with Gasteiger partial charge in [-0.2, -0.15) is 23.5 Å². The second-order valence-electron chi connectivity index (χ2n) is 9.83. The van der Waals surface area contributed by atoms with Gasteiger partial charge in [0, 0.05) is 18.2 Å². The van der Waals surface area contributed by atoms with E-state index in [0.29, 0.717) is 54.9 Å². The molecule has 1 saturated carbocycles. The molecule has 1 aromatic heterocycles. The van der Waals surface area contributed by atoms with Gasteiger partial charge in [-0.3, -0.25) is 14.7 Å². The molecule has 3 aromatic rings. The molecule has 40 heavy (non-hydrogen) atoms. The number of alkyl halides is 3. The monoisotopic (exact) mass is 553 g/mol. The average molecular weight is 554 g/mol. The number of hydrogen-bond donors (Lipinski definition) is 3. The van der Waals surface area contributed by atoms with Gasteiger partial charge in [-0.05, 0) is 67.6 Å². The van der Waals surface area contributed by atoms with Crippen LogP contribution in [0.2, 0.25) is 0 Å². The highest BCUT2D eigenvalue weighted by Crippen LogP contribution is 2.36. The normalized spacial score (nSPS) is 18.9. The Morgan fingerprint density at radius 2 is 1.80 bits per heavy atom. The number of hydrogen-bond acceptors (Lipinski definition) is 6. The molecule has 12 heteroatoms. The van der Waals surface area contributed by atoms with Crippen molar-refractivity contribution < 1.29 is 32.2 Å². The van der Waals surface area contributed by atoms with Gasteiger partial charge in [0.25, 0.3) is 5.91 Å². The number of halogens is 3. The maximum atomic E-state index is 13.4. The lowest BCUT2D eigenvalue weighted by Crippen LogP contribution is -2.51. The molecule has 0 saturated heterocycles. The molecular formula is C28H26F3N5O4. The van der Waals surface area contributed by atoms with Gasteiger partial charge in [-0.15, -0.1) is 0 Å². The van der Waals surface area contributed by atoms with Gasteiger partial charge in [0.15, 0.2) is 0 Å². The summed E-state index contributed by atoms with van der Waals surface area (Å²) in [6.07, 6.45) is -1.01. The first-order valence-electron chi connectivity index (χ1n) is 12.8. The predicted molar refractivity (Wildman–Crippen MR) is 136 cm³/mol. The van der Waals surface area contributed by atoms with Crippen LogP contribution in [0.3, 0.4) is 0 Å². The van der Waals surface area contributed by atoms with Gasteiger partial charge < -0.3 is 20.1 Å². The molecule has 208 valence electrons. The first-order chi connectivity index (χ1) is 19.2. The number of fused-ring (bicyclic) bond motifs is 10. The van der Waals surface area contributed by atoms with Gasteiger partial charge in [-0.25, -0.2) is 0 Å². The average Bonchev–Trinajstić information content (AvgIpc) is 3.48. The van der Waals surface area contributed by atoms with Crippen molar-refractivity contribution in [2.75, 3.05) is 13.2 Å². The number of nitrogens with zero attached hydrogens (tertiary/aromatic N) is 2. The highest BCUT2D eigenvalue weighted by Gasteiger charge is 2.45. The predicted octanol–water partition coefficient (Wildman–Crippen LogP) is 4.16. The molecule has 2 aromatic carbocycles. The summed E-state index contributed by atoms with van der Waals surface area (Å²) < 4.78 is 51.8. The van der Waals surface area contributed by atoms with Crippen LogP contribution in [0.25, 0.3) is 11.3 Å². The van der Waals surface area contributed by atoms with Crippen LogP contribution in [0.15, 0.2) is 48.7 Å². The molecule has 0 spiro atoms. The van der Waals surface area contributed by atoms with Crippen molar-refractivity contribution in [3.8, 4) is 28.8 Å². The van der Waals surface area contributed by atoms with Crippen LogP contribution >= 0.6 is 0 Å². The molecule has 2 aliphatic heterocycles. The second kappa shape index (κ2) is 10.9. The van der Waals surface area contributed by atoms with Crippen molar-refractivity contribution in [2.45, 2.75) is 49.9 Å². The van der Waals surface area contributed by atoms with Gasteiger partial charge in [0.05, 0.1) is 36.1 Å². The topological polar surface area (TPSA) is 129 Å². The summed E-state index contributed by atoms with van der Waals surface area (Å²) in [6, 6.07) is 10.7. The van der Waals surface area contributed by atoms with Crippen LogP contribution in [0.1, 0.15) is 47.2 Å². The van der Waals surface area contributed by atoms with E-state index in [-0.39, 0.29) is 24.3 Å². The number of nitriles is 1. The SMILES string of the molecule is N#CC1(NC(=O)[C@@H]2Cc3ccc(c(-c4ccn[nH]4)c3)OCCCCOc3cc(C(F)(F)F)ccc3C(=O)N2)CC1. The zero-order valence-electron chi connectivity index (χ0n) is 21.3. The van der Waals surface area contributed by atoms with E-state index in [9.17, 15) is 28.0 Å². The summed E-state index contributed by atoms with van der Waals surface area (Å²) in [5, 5.41) is 21.7. The van der Waals surface area contributed by atoms with E-state index in [1.807, 2.05) is 6.07 Å². The third-order valence-corrected chi connectivity index (χ3v) is 6.83. The van der Waals surface area contributed by atoms with Crippen LogP contribution in [0.4, 0.5) is 13.2 Å². The lowest BCUT2D eigenvalue weighted by molar-refractivity contribution is -0.137. The highest BCUT2D eigenvalue weighted by molar-refractivity contribution is 6.00. The number of rotatable bonds is 3. The van der Waals surface area contributed by atoms with Crippen molar-refractivity contribution in [2.24, 2.45) is 0 Å². The lowest BCUT2D eigenvalue weighted by atomic mass is 9.99. The summed E-state index contributed by atoms with van der Waals surface area (Å²) >= 11 is 0. The summed E-state index contributed by atoms with van der Waals surface area (Å²) in [6.45, 7) is 0.368. The summed E-state index contributed by atoms with van der Waals surface area (Å²) in [7, 11) is 0. The number of aromatic amines is 1. The Morgan fingerprint density at radius 1 is 1.05 bits per heavy atom. The molecule has 1 atom stereocenters. The van der Waals surface area contributed by atoms with E-state index >= 15 is 0 Å². The molecule has 3 aliphatic rings. The van der Waals surface area contributed by atoms with E-state index in [0.717, 1.165) is 18.2 Å². The maximum absolute atomic E-state index is 13.4. The Kier molecular flexibility index (Phi) is 7.38. The van der Waals surface area contributed by atoms with Crippen LogP contribution in [-0.4, -0.2) is 46.8 Å². The van der Waals surface area contributed by atoms with E-state index in [2.05, 4.69) is 26.9 Å². The van der Waals surface area contributed by atoms with Crippen LogP contribution in [0, 0.1) is 11.3 Å². The number of H-pyrrole nitrogens is 1. The molecule has 9 nitrogen and oxygen atoms in total. The van der Waals surface area contributed by atoms with Crippen LogP contribution in [-0.2, 0) is 17.4 Å². The Bertz CT molecular complexity index is 1450. The molecule has 1 aliphatic carbocycles. The number of benzene rings is 2. The third kappa shape index (κ3) is 6.03. The van der Waals surface area contributed by atoms with Crippen molar-refractivity contribution in [3.05, 3.63) is 65.4 Å². The Hall–Kier alpha value is -4.53. The minimum absolute atomic E-state index is 0.0390. The summed E-state index contributed by atoms with van der Waals surface area (Å²) in [4.78, 5) is 26.7. The first kappa shape index (κ1) is 27.1. The zero-order valence-corrected chi connectivity index (χ0v) is 21.3. The smallest absolute Gasteiger partial charge is 0.416 e. The molecule has 3 N–H and O–H groups in total. The molecule has 3 heterocycles. The number of carbonyl (C=O) groups is 2. The van der Waals surface area contributed by atoms with Crippen molar-refractivity contribution >= 4 is 11.8 Å². The molecule has 0 radical (unpaired) electrons. The molecule has 0 unspecified atom stereocenters. The van der Waals surface area contributed by atoms with Crippen molar-refractivity contribution in [1.82, 2.24) is 20.8 Å². The number of ether oxygens (including phenoxy) is 2. The maximum Gasteiger partial charge on any atom is 0.416 e. The standard InChI is InChI=1S/C28H26F3N5O4/c29-28(30,31)18-4-5-19-24(15-18)40-12-2-1-11-39-23-6-3-17(13-20(23)21-7-10-33-36-21)14-22(34-25(19)37)26(38)35-27(16-32)8-9-27/h3-7,10,13,15,22H,1-2,8-9,11-12,14H2,(H,33,36)(H,34,37)(H,35,38)/t22-/m0/s1. The molecular weight excluding hydrogens is 527 g/mol. The Balaban J connectivity index is 1.51. The number of aromatic nitrogens is 2. The van der Waals surface area contributed by atoms with E-state index in [1.165, 1.54) is 0 Å². The van der Waals surface area contributed by atoms with Gasteiger partial charge in [0.1, 0.15) is 23.1 Å². The third-order valence-electron chi connectivity index (χ3n) is 6.83. The van der Waals surface area contributed by atoms with Crippen molar-refractivity contribution in [3.63, 3.8) is 0 Å². The summed E-state index contributed by atoms with van der Waals surface area (Å²) in [5.74, 6) is -1.01. The van der Waals surface area contributed by atoms with Gasteiger partial charge in [-0.1, -0.05) is 6.07 Å². The fourth-order valence-corrected chi connectivity index (χ4v) is 4.41. The van der Waals surface area contributed by atoms with E-state index in [1.54, 1.807) is 24.4 Å². The lowest BCUT2D eigenvalue weighted by Gasteiger charge is -2.22. The number of carbonyl (C=O) groups excluding carboxylic acids is 2. The minimum atomic E-state index is -4.63. The van der Waals surface area contributed by atoms with E-state index < -0.39 is 35.1 Å². The first-order valence-corrected chi connectivity index (χ1v) is 12.8. The Morgan fingerprint density at radius 3 is 2.45 bits per heavy atom. The van der Waals surface area contributed by atoms with E-state index in [4.69, 9.17) is 9.47 Å². The minimum Gasteiger partial charge on any atom is -0.493 e. The number of nitrogens with one attached hydrogen (secondary N) is 3. The second-order valence-corrected chi connectivity index (χ2v) is 9.83. The quantitative estimate of drug-likeness (QED) is 0.447. The highest BCUT2D eigenvalue weighted by atomic mass is 19.4. The van der Waals surface area contributed by atoms with Crippen LogP contribution < -0.4 is 20.1 Å². The zero-order chi connectivity index (χ0) is 28.3. The number of amides is 2.